The number of carbonyl (C=O) groups is 2. The molecule has 0 saturated heterocycles. The van der Waals surface area contributed by atoms with Crippen LogP contribution in [-0.4, -0.2) is 35.2 Å². The van der Waals surface area contributed by atoms with E-state index in [2.05, 4.69) is 10.5 Å². The van der Waals surface area contributed by atoms with Gasteiger partial charge >= 0.3 is 6.09 Å². The highest BCUT2D eigenvalue weighted by molar-refractivity contribution is 5.78. The smallest absolute Gasteiger partial charge is 0.414 e. The van der Waals surface area contributed by atoms with E-state index < -0.39 is 6.09 Å². The number of hydrogen-bond acceptors (Lipinski definition) is 6. The Labute approximate surface area is 177 Å². The first-order valence-electron chi connectivity index (χ1n) is 9.71. The zero-order valence-corrected chi connectivity index (χ0v) is 16.5. The fourth-order valence-electron chi connectivity index (χ4n) is 3.13. The SMILES string of the molecule is O=C(NCc1ccc(F)cc1)Oc1noc2c1CN(C(=O)COc1ccccc1)CC2. The number of fused-ring (bicyclic) bond motifs is 1. The summed E-state index contributed by atoms with van der Waals surface area (Å²) in [6, 6.07) is 14.8. The summed E-state index contributed by atoms with van der Waals surface area (Å²) >= 11 is 0. The highest BCUT2D eigenvalue weighted by atomic mass is 19.1. The maximum Gasteiger partial charge on any atom is 0.414 e. The minimum atomic E-state index is -0.726. The van der Waals surface area contributed by atoms with Crippen LogP contribution in [0.5, 0.6) is 11.6 Å². The standard InChI is InChI=1S/C22H20FN3O5/c23-16-8-6-15(7-9-16)12-24-22(28)30-21-18-13-26(11-10-19(18)31-25-21)20(27)14-29-17-4-2-1-3-5-17/h1-9H,10-14H2,(H,24,28). The summed E-state index contributed by atoms with van der Waals surface area (Å²) in [6.07, 6.45) is -0.267. The van der Waals surface area contributed by atoms with E-state index in [0.29, 0.717) is 30.0 Å². The number of rotatable bonds is 6. The fourth-order valence-corrected chi connectivity index (χ4v) is 3.13. The van der Waals surface area contributed by atoms with Gasteiger partial charge in [-0.05, 0) is 35.0 Å². The van der Waals surface area contributed by atoms with Crippen LogP contribution in [0.2, 0.25) is 0 Å². The van der Waals surface area contributed by atoms with Crippen molar-refractivity contribution in [2.75, 3.05) is 13.2 Å². The number of hydrogen-bond donors (Lipinski definition) is 1. The lowest BCUT2D eigenvalue weighted by atomic mass is 10.1. The van der Waals surface area contributed by atoms with E-state index in [1.807, 2.05) is 18.2 Å². The molecule has 8 nitrogen and oxygen atoms in total. The highest BCUT2D eigenvalue weighted by Crippen LogP contribution is 2.28. The summed E-state index contributed by atoms with van der Waals surface area (Å²) in [5.74, 6) is 0.666. The van der Waals surface area contributed by atoms with Crippen LogP contribution in [-0.2, 0) is 24.3 Å². The Morgan fingerprint density at radius 3 is 2.68 bits per heavy atom. The maximum atomic E-state index is 13.0. The molecule has 2 amide bonds. The van der Waals surface area contributed by atoms with E-state index >= 15 is 0 Å². The second-order valence-electron chi connectivity index (χ2n) is 6.93. The van der Waals surface area contributed by atoms with E-state index in [-0.39, 0.29) is 37.3 Å². The molecule has 0 fully saturated rings. The molecule has 0 radical (unpaired) electrons. The monoisotopic (exact) mass is 425 g/mol. The summed E-state index contributed by atoms with van der Waals surface area (Å²) in [5.41, 5.74) is 1.27. The lowest BCUT2D eigenvalue weighted by molar-refractivity contribution is -0.134. The van der Waals surface area contributed by atoms with Crippen molar-refractivity contribution in [2.24, 2.45) is 0 Å². The molecule has 0 aliphatic carbocycles. The third kappa shape index (κ3) is 5.19. The number of nitrogens with one attached hydrogen (secondary N) is 1. The van der Waals surface area contributed by atoms with Gasteiger partial charge in [0.25, 0.3) is 11.8 Å². The molecule has 2 heterocycles. The van der Waals surface area contributed by atoms with Crippen molar-refractivity contribution in [1.29, 1.82) is 0 Å². The Morgan fingerprint density at radius 2 is 1.90 bits per heavy atom. The van der Waals surface area contributed by atoms with Gasteiger partial charge in [-0.15, -0.1) is 0 Å². The average Bonchev–Trinajstić information content (AvgIpc) is 3.19. The zero-order valence-electron chi connectivity index (χ0n) is 16.5. The van der Waals surface area contributed by atoms with Gasteiger partial charge in [-0.3, -0.25) is 4.79 Å². The molecule has 1 aliphatic rings. The number of halogens is 1. The minimum Gasteiger partial charge on any atom is -0.484 e. The van der Waals surface area contributed by atoms with E-state index in [9.17, 15) is 14.0 Å². The number of amides is 2. The lowest BCUT2D eigenvalue weighted by Crippen LogP contribution is -2.38. The molecule has 9 heteroatoms. The van der Waals surface area contributed by atoms with Crippen LogP contribution in [0.3, 0.4) is 0 Å². The van der Waals surface area contributed by atoms with Crippen molar-refractivity contribution in [1.82, 2.24) is 15.4 Å². The Hall–Kier alpha value is -3.88. The molecule has 31 heavy (non-hydrogen) atoms. The Morgan fingerprint density at radius 1 is 1.13 bits per heavy atom. The van der Waals surface area contributed by atoms with Gasteiger partial charge in [0.2, 0.25) is 0 Å². The molecular formula is C22H20FN3O5. The third-order valence-electron chi connectivity index (χ3n) is 4.79. The first-order chi connectivity index (χ1) is 15.1. The van der Waals surface area contributed by atoms with Gasteiger partial charge in [-0.2, -0.15) is 0 Å². The second-order valence-corrected chi connectivity index (χ2v) is 6.93. The van der Waals surface area contributed by atoms with Gasteiger partial charge in [0.15, 0.2) is 6.61 Å². The normalized spacial score (nSPS) is 12.7. The molecule has 0 atom stereocenters. The van der Waals surface area contributed by atoms with Crippen LogP contribution in [0.25, 0.3) is 0 Å². The summed E-state index contributed by atoms with van der Waals surface area (Å²) in [6.45, 7) is 0.728. The van der Waals surface area contributed by atoms with Crippen molar-refractivity contribution in [3.63, 3.8) is 0 Å². The predicted octanol–water partition coefficient (Wildman–Crippen LogP) is 3.07. The van der Waals surface area contributed by atoms with E-state index in [0.717, 1.165) is 5.56 Å². The first-order valence-corrected chi connectivity index (χ1v) is 9.71. The Kier molecular flexibility index (Phi) is 6.11. The zero-order chi connectivity index (χ0) is 21.6. The van der Waals surface area contributed by atoms with Gasteiger partial charge in [0, 0.05) is 19.5 Å². The number of nitrogens with zero attached hydrogens (tertiary/aromatic N) is 2. The van der Waals surface area contributed by atoms with Crippen molar-refractivity contribution in [2.45, 2.75) is 19.5 Å². The Balaban J connectivity index is 1.32. The maximum absolute atomic E-state index is 13.0. The van der Waals surface area contributed by atoms with Crippen LogP contribution in [0, 0.1) is 5.82 Å². The third-order valence-corrected chi connectivity index (χ3v) is 4.79. The van der Waals surface area contributed by atoms with E-state index in [4.69, 9.17) is 14.0 Å². The van der Waals surface area contributed by atoms with E-state index in [1.165, 1.54) is 12.1 Å². The number of para-hydroxylation sites is 1. The molecular weight excluding hydrogens is 405 g/mol. The summed E-state index contributed by atoms with van der Waals surface area (Å²) in [7, 11) is 0. The number of carbonyl (C=O) groups excluding carboxylic acids is 2. The first kappa shape index (κ1) is 20.4. The molecule has 2 aromatic carbocycles. The van der Waals surface area contributed by atoms with Crippen LogP contribution in [0.15, 0.2) is 59.1 Å². The van der Waals surface area contributed by atoms with E-state index in [1.54, 1.807) is 29.2 Å². The minimum absolute atomic E-state index is 0.0214. The lowest BCUT2D eigenvalue weighted by Gasteiger charge is -2.25. The fraction of sp³-hybridized carbons (Fsp3) is 0.227. The van der Waals surface area contributed by atoms with Gasteiger partial charge in [0.1, 0.15) is 17.3 Å². The van der Waals surface area contributed by atoms with Gasteiger partial charge in [-0.1, -0.05) is 30.3 Å². The second kappa shape index (κ2) is 9.29. The van der Waals surface area contributed by atoms with Crippen molar-refractivity contribution < 1.29 is 28.0 Å². The summed E-state index contributed by atoms with van der Waals surface area (Å²) in [5, 5.41) is 6.39. The number of benzene rings is 2. The van der Waals surface area contributed by atoms with Crippen LogP contribution in [0.4, 0.5) is 9.18 Å². The summed E-state index contributed by atoms with van der Waals surface area (Å²) in [4.78, 5) is 26.2. The molecule has 0 saturated carbocycles. The van der Waals surface area contributed by atoms with Crippen LogP contribution < -0.4 is 14.8 Å². The van der Waals surface area contributed by atoms with Gasteiger partial charge in [-0.25, -0.2) is 9.18 Å². The quantitative estimate of drug-likeness (QED) is 0.652. The molecule has 1 aromatic heterocycles. The van der Waals surface area contributed by atoms with Crippen LogP contribution >= 0.6 is 0 Å². The Bertz CT molecular complexity index is 1050. The number of aromatic nitrogens is 1. The topological polar surface area (TPSA) is 93.9 Å². The highest BCUT2D eigenvalue weighted by Gasteiger charge is 2.29. The largest absolute Gasteiger partial charge is 0.484 e. The molecule has 0 unspecified atom stereocenters. The molecule has 1 aliphatic heterocycles. The van der Waals surface area contributed by atoms with Crippen LogP contribution in [0.1, 0.15) is 16.9 Å². The van der Waals surface area contributed by atoms with Gasteiger partial charge in [0.05, 0.1) is 12.1 Å². The van der Waals surface area contributed by atoms with Crippen molar-refractivity contribution in [3.8, 4) is 11.6 Å². The van der Waals surface area contributed by atoms with Gasteiger partial charge < -0.3 is 24.2 Å². The number of ether oxygens (including phenoxy) is 2. The predicted molar refractivity (Wildman–Crippen MR) is 107 cm³/mol. The molecule has 0 bridgehead atoms. The molecule has 160 valence electrons. The van der Waals surface area contributed by atoms with Crippen molar-refractivity contribution in [3.05, 3.63) is 77.3 Å². The molecule has 0 spiro atoms. The molecule has 1 N–H and O–H groups in total. The summed E-state index contributed by atoms with van der Waals surface area (Å²) < 4.78 is 29.0. The van der Waals surface area contributed by atoms with Crippen molar-refractivity contribution >= 4 is 12.0 Å². The molecule has 4 rings (SSSR count). The average molecular weight is 425 g/mol. The molecule has 3 aromatic rings.